The average molecular weight is 418 g/mol. The molecule has 3 heterocycles. The normalized spacial score (nSPS) is 15.6. The van der Waals surface area contributed by atoms with E-state index in [9.17, 15) is 9.90 Å². The van der Waals surface area contributed by atoms with Crippen molar-refractivity contribution in [1.29, 1.82) is 0 Å². The molecule has 1 N–H and O–H groups in total. The number of carbonyl (C=O) groups is 1. The van der Waals surface area contributed by atoms with Crippen LogP contribution >= 0.6 is 11.3 Å². The Bertz CT molecular complexity index is 1160. The molecule has 2 aromatic carbocycles. The Morgan fingerprint density at radius 3 is 2.37 bits per heavy atom. The minimum Gasteiger partial charge on any atom is -0.481 e. The number of nitrogens with zero attached hydrogens (tertiary/aromatic N) is 3. The summed E-state index contributed by atoms with van der Waals surface area (Å²) >= 11 is 1.64. The lowest BCUT2D eigenvalue weighted by atomic mass is 9.97. The molecule has 0 aliphatic carbocycles. The zero-order valence-corrected chi connectivity index (χ0v) is 17.4. The highest BCUT2D eigenvalue weighted by Crippen LogP contribution is 2.30. The van der Waals surface area contributed by atoms with Crippen LogP contribution in [0.1, 0.15) is 18.5 Å². The summed E-state index contributed by atoms with van der Waals surface area (Å²) in [6.07, 6.45) is 3.50. The van der Waals surface area contributed by atoms with Crippen LogP contribution < -0.4 is 0 Å². The molecule has 2 aromatic heterocycles. The number of carboxylic acids is 1. The lowest BCUT2D eigenvalue weighted by molar-refractivity contribution is -0.143. The maximum absolute atomic E-state index is 11.3. The number of aromatic nitrogens is 2. The molecule has 1 saturated heterocycles. The average Bonchev–Trinajstić information content (AvgIpc) is 3.38. The van der Waals surface area contributed by atoms with Gasteiger partial charge in [-0.3, -0.25) is 14.1 Å². The molecule has 4 aromatic rings. The van der Waals surface area contributed by atoms with Gasteiger partial charge in [0.25, 0.3) is 0 Å². The number of imidazole rings is 1. The fraction of sp³-hybridized carbons (Fsp3) is 0.250. The molecule has 0 atom stereocenters. The first-order valence-electron chi connectivity index (χ1n) is 10.2. The summed E-state index contributed by atoms with van der Waals surface area (Å²) in [6.45, 7) is 2.39. The molecule has 0 saturated carbocycles. The summed E-state index contributed by atoms with van der Waals surface area (Å²) in [5, 5.41) is 11.3. The summed E-state index contributed by atoms with van der Waals surface area (Å²) in [5.41, 5.74) is 5.70. The highest BCUT2D eigenvalue weighted by atomic mass is 32.1. The van der Waals surface area contributed by atoms with E-state index in [2.05, 4.69) is 69.4 Å². The smallest absolute Gasteiger partial charge is 0.306 e. The Balaban J connectivity index is 1.43. The zero-order chi connectivity index (χ0) is 20.5. The number of aliphatic carboxylic acids is 1. The molecular formula is C24H23N3O2S. The second kappa shape index (κ2) is 8.05. The number of benzene rings is 2. The van der Waals surface area contributed by atoms with Crippen molar-refractivity contribution in [2.45, 2.75) is 19.4 Å². The van der Waals surface area contributed by atoms with E-state index in [1.165, 1.54) is 16.8 Å². The van der Waals surface area contributed by atoms with Crippen LogP contribution in [0, 0.1) is 5.92 Å². The molecule has 0 radical (unpaired) electrons. The van der Waals surface area contributed by atoms with Crippen LogP contribution in [0.15, 0.2) is 66.2 Å². The Hall–Kier alpha value is -2.96. The first-order chi connectivity index (χ1) is 14.7. The summed E-state index contributed by atoms with van der Waals surface area (Å²) in [6, 6.07) is 19.0. The SMILES string of the molecule is O=C(O)C1CCN(Cc2c(-c3ccc(-c4ccccc4)cc3)nc3sccn23)CC1. The number of rotatable bonds is 5. The van der Waals surface area contributed by atoms with Crippen LogP contribution in [0.5, 0.6) is 0 Å². The third-order valence-corrected chi connectivity index (χ3v) is 6.69. The predicted molar refractivity (Wildman–Crippen MR) is 120 cm³/mol. The monoisotopic (exact) mass is 417 g/mol. The van der Waals surface area contributed by atoms with Gasteiger partial charge in [-0.1, -0.05) is 54.6 Å². The lowest BCUT2D eigenvalue weighted by Crippen LogP contribution is -2.36. The summed E-state index contributed by atoms with van der Waals surface area (Å²) in [4.78, 5) is 19.5. The number of likely N-dealkylation sites (tertiary alicyclic amines) is 1. The first kappa shape index (κ1) is 19.0. The quantitative estimate of drug-likeness (QED) is 0.495. The van der Waals surface area contributed by atoms with Crippen molar-refractivity contribution < 1.29 is 9.90 Å². The summed E-state index contributed by atoms with van der Waals surface area (Å²) in [5.74, 6) is -0.878. The molecule has 1 fully saturated rings. The first-order valence-corrected chi connectivity index (χ1v) is 11.1. The lowest BCUT2D eigenvalue weighted by Gasteiger charge is -2.30. The number of hydrogen-bond acceptors (Lipinski definition) is 4. The Morgan fingerprint density at radius 2 is 1.67 bits per heavy atom. The van der Waals surface area contributed by atoms with Gasteiger partial charge in [0.15, 0.2) is 4.96 Å². The molecule has 0 spiro atoms. The predicted octanol–water partition coefficient (Wildman–Crippen LogP) is 5.03. The van der Waals surface area contributed by atoms with Crippen LogP contribution in [0.2, 0.25) is 0 Å². The second-order valence-electron chi connectivity index (χ2n) is 7.79. The van der Waals surface area contributed by atoms with Gasteiger partial charge in [-0.15, -0.1) is 11.3 Å². The Kier molecular flexibility index (Phi) is 5.11. The van der Waals surface area contributed by atoms with E-state index in [1.54, 1.807) is 11.3 Å². The largest absolute Gasteiger partial charge is 0.481 e. The van der Waals surface area contributed by atoms with Crippen LogP contribution in [0.3, 0.4) is 0 Å². The second-order valence-corrected chi connectivity index (χ2v) is 8.67. The van der Waals surface area contributed by atoms with Gasteiger partial charge in [-0.2, -0.15) is 0 Å². The number of carboxylic acid groups (broad SMARTS) is 1. The van der Waals surface area contributed by atoms with Crippen LogP contribution in [0.25, 0.3) is 27.3 Å². The van der Waals surface area contributed by atoms with Crippen molar-refractivity contribution in [3.05, 3.63) is 71.9 Å². The van der Waals surface area contributed by atoms with Gasteiger partial charge < -0.3 is 5.11 Å². The maximum atomic E-state index is 11.3. The van der Waals surface area contributed by atoms with Gasteiger partial charge in [-0.25, -0.2) is 4.98 Å². The Morgan fingerprint density at radius 1 is 1.00 bits per heavy atom. The highest BCUT2D eigenvalue weighted by Gasteiger charge is 2.26. The van der Waals surface area contributed by atoms with E-state index in [4.69, 9.17) is 4.98 Å². The topological polar surface area (TPSA) is 57.8 Å². The van der Waals surface area contributed by atoms with E-state index in [0.717, 1.165) is 35.9 Å². The molecular weight excluding hydrogens is 394 g/mol. The highest BCUT2D eigenvalue weighted by molar-refractivity contribution is 7.15. The number of thiazole rings is 1. The molecule has 1 aliphatic rings. The number of piperidine rings is 1. The van der Waals surface area contributed by atoms with E-state index >= 15 is 0 Å². The standard InChI is InChI=1S/C24H23N3O2S/c28-23(29)20-10-12-26(13-11-20)16-21-22(25-24-27(21)14-15-30-24)19-8-6-18(7-9-19)17-4-2-1-3-5-17/h1-9,14-15,20H,10-13,16H2,(H,28,29). The third-order valence-electron chi connectivity index (χ3n) is 5.94. The fourth-order valence-electron chi connectivity index (χ4n) is 4.22. The Labute approximate surface area is 179 Å². The van der Waals surface area contributed by atoms with Crippen LogP contribution in [-0.2, 0) is 11.3 Å². The maximum Gasteiger partial charge on any atom is 0.306 e. The fourth-order valence-corrected chi connectivity index (χ4v) is 4.95. The number of fused-ring (bicyclic) bond motifs is 1. The molecule has 1 aliphatic heterocycles. The van der Waals surface area contributed by atoms with Gasteiger partial charge >= 0.3 is 5.97 Å². The molecule has 5 rings (SSSR count). The number of hydrogen-bond donors (Lipinski definition) is 1. The van der Waals surface area contributed by atoms with Gasteiger partial charge in [0.1, 0.15) is 0 Å². The molecule has 0 unspecified atom stereocenters. The summed E-state index contributed by atoms with van der Waals surface area (Å²) in [7, 11) is 0. The van der Waals surface area contributed by atoms with Crippen molar-refractivity contribution >= 4 is 22.3 Å². The van der Waals surface area contributed by atoms with E-state index in [-0.39, 0.29) is 5.92 Å². The molecule has 152 valence electrons. The molecule has 0 amide bonds. The van der Waals surface area contributed by atoms with Crippen molar-refractivity contribution in [3.8, 4) is 22.4 Å². The zero-order valence-electron chi connectivity index (χ0n) is 16.6. The van der Waals surface area contributed by atoms with Crippen LogP contribution in [-0.4, -0.2) is 38.4 Å². The minimum atomic E-state index is -0.668. The van der Waals surface area contributed by atoms with Crippen molar-refractivity contribution in [1.82, 2.24) is 14.3 Å². The minimum absolute atomic E-state index is 0.210. The van der Waals surface area contributed by atoms with Gasteiger partial charge in [-0.05, 0) is 37.1 Å². The van der Waals surface area contributed by atoms with E-state index in [1.807, 2.05) is 6.07 Å². The third kappa shape index (κ3) is 3.64. The van der Waals surface area contributed by atoms with Crippen LogP contribution in [0.4, 0.5) is 0 Å². The molecule has 6 heteroatoms. The van der Waals surface area contributed by atoms with E-state index in [0.29, 0.717) is 12.8 Å². The molecule has 5 nitrogen and oxygen atoms in total. The van der Waals surface area contributed by atoms with E-state index < -0.39 is 5.97 Å². The van der Waals surface area contributed by atoms with Gasteiger partial charge in [0.2, 0.25) is 0 Å². The summed E-state index contributed by atoms with van der Waals surface area (Å²) < 4.78 is 2.17. The van der Waals surface area contributed by atoms with Gasteiger partial charge in [0, 0.05) is 23.7 Å². The van der Waals surface area contributed by atoms with Crippen molar-refractivity contribution in [3.63, 3.8) is 0 Å². The van der Waals surface area contributed by atoms with Crippen molar-refractivity contribution in [2.75, 3.05) is 13.1 Å². The molecule has 30 heavy (non-hydrogen) atoms. The van der Waals surface area contributed by atoms with Crippen molar-refractivity contribution in [2.24, 2.45) is 5.92 Å². The molecule has 0 bridgehead atoms. The van der Waals surface area contributed by atoms with Gasteiger partial charge in [0.05, 0.1) is 17.3 Å².